The quantitative estimate of drug-likeness (QED) is 0.883. The predicted molar refractivity (Wildman–Crippen MR) is 58.2 cm³/mol. The summed E-state index contributed by atoms with van der Waals surface area (Å²) < 4.78 is 18.1. The molecule has 0 aliphatic carbocycles. The van der Waals surface area contributed by atoms with Crippen molar-refractivity contribution in [2.24, 2.45) is 0 Å². The summed E-state index contributed by atoms with van der Waals surface area (Å²) >= 11 is 5.69. The molecule has 0 saturated heterocycles. The Labute approximate surface area is 99.8 Å². The zero-order chi connectivity index (χ0) is 12.4. The number of halogens is 2. The minimum absolute atomic E-state index is 0.0521. The number of benzene rings is 1. The Morgan fingerprint density at radius 1 is 1.53 bits per heavy atom. The SMILES string of the molecule is O=C(O)c1coc(Nc2cc(Cl)ccc2F)n1. The van der Waals surface area contributed by atoms with Gasteiger partial charge in [0.15, 0.2) is 5.69 Å². The fourth-order valence-electron chi connectivity index (χ4n) is 1.14. The van der Waals surface area contributed by atoms with Crippen LogP contribution in [0.1, 0.15) is 10.5 Å². The summed E-state index contributed by atoms with van der Waals surface area (Å²) in [6, 6.07) is 3.77. The highest BCUT2D eigenvalue weighted by molar-refractivity contribution is 6.30. The summed E-state index contributed by atoms with van der Waals surface area (Å²) in [5.74, 6) is -1.78. The number of carboxylic acid groups (broad SMARTS) is 1. The summed E-state index contributed by atoms with van der Waals surface area (Å²) in [6.07, 6.45) is 0.952. The minimum atomic E-state index is -1.23. The standard InChI is InChI=1S/C10H6ClFN2O3/c11-5-1-2-6(12)7(3-5)13-10-14-8(4-17-10)9(15)16/h1-4H,(H,13,14)(H,15,16). The van der Waals surface area contributed by atoms with Gasteiger partial charge in [-0.25, -0.2) is 9.18 Å². The number of hydrogen-bond acceptors (Lipinski definition) is 4. The predicted octanol–water partition coefficient (Wildman–Crippen LogP) is 2.91. The van der Waals surface area contributed by atoms with Crippen LogP contribution in [-0.4, -0.2) is 16.1 Å². The molecule has 7 heteroatoms. The maximum atomic E-state index is 13.3. The first-order valence-corrected chi connectivity index (χ1v) is 4.85. The molecule has 5 nitrogen and oxygen atoms in total. The van der Waals surface area contributed by atoms with Crippen molar-refractivity contribution in [3.63, 3.8) is 0 Å². The molecule has 1 heterocycles. The Morgan fingerprint density at radius 3 is 2.94 bits per heavy atom. The summed E-state index contributed by atoms with van der Waals surface area (Å²) in [5, 5.41) is 11.4. The van der Waals surface area contributed by atoms with Gasteiger partial charge >= 0.3 is 5.97 Å². The normalized spacial score (nSPS) is 10.2. The first kappa shape index (κ1) is 11.4. The van der Waals surface area contributed by atoms with Gasteiger partial charge in [-0.05, 0) is 18.2 Å². The molecule has 2 N–H and O–H groups in total. The third-order valence-electron chi connectivity index (χ3n) is 1.89. The minimum Gasteiger partial charge on any atom is -0.476 e. The third kappa shape index (κ3) is 2.54. The van der Waals surface area contributed by atoms with Gasteiger partial charge in [0, 0.05) is 5.02 Å². The lowest BCUT2D eigenvalue weighted by Crippen LogP contribution is -1.98. The van der Waals surface area contributed by atoms with Gasteiger partial charge < -0.3 is 14.8 Å². The van der Waals surface area contributed by atoms with Crippen LogP contribution in [0.5, 0.6) is 0 Å². The number of hydrogen-bond donors (Lipinski definition) is 2. The lowest BCUT2D eigenvalue weighted by molar-refractivity contribution is 0.0690. The van der Waals surface area contributed by atoms with Crippen molar-refractivity contribution < 1.29 is 18.7 Å². The molecule has 0 atom stereocenters. The molecule has 0 aliphatic rings. The Bertz CT molecular complexity index is 570. The van der Waals surface area contributed by atoms with E-state index in [-0.39, 0.29) is 17.4 Å². The summed E-state index contributed by atoms with van der Waals surface area (Å²) in [7, 11) is 0. The van der Waals surface area contributed by atoms with E-state index in [1.165, 1.54) is 18.2 Å². The third-order valence-corrected chi connectivity index (χ3v) is 2.13. The molecule has 0 spiro atoms. The monoisotopic (exact) mass is 256 g/mol. The number of oxazole rings is 1. The van der Waals surface area contributed by atoms with E-state index in [4.69, 9.17) is 21.1 Å². The molecule has 2 aromatic rings. The van der Waals surface area contributed by atoms with Crippen molar-refractivity contribution in [1.82, 2.24) is 4.98 Å². The Kier molecular flexibility index (Phi) is 2.97. The largest absolute Gasteiger partial charge is 0.476 e. The lowest BCUT2D eigenvalue weighted by atomic mass is 10.3. The summed E-state index contributed by atoms with van der Waals surface area (Å²) in [5.41, 5.74) is -0.216. The molecule has 0 fully saturated rings. The second kappa shape index (κ2) is 4.42. The fraction of sp³-hybridized carbons (Fsp3) is 0. The smallest absolute Gasteiger partial charge is 0.357 e. The van der Waals surface area contributed by atoms with Gasteiger partial charge in [0.1, 0.15) is 12.1 Å². The molecule has 0 unspecified atom stereocenters. The number of carboxylic acids is 1. The van der Waals surface area contributed by atoms with E-state index in [1.807, 2.05) is 0 Å². The van der Waals surface area contributed by atoms with E-state index in [1.54, 1.807) is 0 Å². The van der Waals surface area contributed by atoms with E-state index >= 15 is 0 Å². The van der Waals surface area contributed by atoms with Crippen LogP contribution in [0.4, 0.5) is 16.1 Å². The topological polar surface area (TPSA) is 75.4 Å². The van der Waals surface area contributed by atoms with Crippen LogP contribution in [0.25, 0.3) is 0 Å². The van der Waals surface area contributed by atoms with Gasteiger partial charge in [0.05, 0.1) is 5.69 Å². The van der Waals surface area contributed by atoms with Crippen molar-refractivity contribution in [2.45, 2.75) is 0 Å². The van der Waals surface area contributed by atoms with Crippen molar-refractivity contribution in [3.8, 4) is 0 Å². The first-order chi connectivity index (χ1) is 8.06. The van der Waals surface area contributed by atoms with Crippen LogP contribution in [0.2, 0.25) is 5.02 Å². The molecule has 17 heavy (non-hydrogen) atoms. The van der Waals surface area contributed by atoms with Crippen LogP contribution in [0.15, 0.2) is 28.9 Å². The average Bonchev–Trinajstić information content (AvgIpc) is 2.72. The summed E-state index contributed by atoms with van der Waals surface area (Å²) in [4.78, 5) is 14.1. The number of aromatic nitrogens is 1. The molecule has 1 aromatic carbocycles. The van der Waals surface area contributed by atoms with Gasteiger partial charge in [-0.2, -0.15) is 4.98 Å². The zero-order valence-corrected chi connectivity index (χ0v) is 9.03. The maximum Gasteiger partial charge on any atom is 0.357 e. The van der Waals surface area contributed by atoms with E-state index in [0.29, 0.717) is 5.02 Å². The van der Waals surface area contributed by atoms with Crippen LogP contribution < -0.4 is 5.32 Å². The summed E-state index contributed by atoms with van der Waals surface area (Å²) in [6.45, 7) is 0. The first-order valence-electron chi connectivity index (χ1n) is 4.47. The van der Waals surface area contributed by atoms with Gasteiger partial charge in [-0.1, -0.05) is 11.6 Å². The van der Waals surface area contributed by atoms with Gasteiger partial charge in [-0.15, -0.1) is 0 Å². The highest BCUT2D eigenvalue weighted by Crippen LogP contribution is 2.23. The highest BCUT2D eigenvalue weighted by Gasteiger charge is 2.12. The molecule has 0 bridgehead atoms. The van der Waals surface area contributed by atoms with Crippen molar-refractivity contribution in [2.75, 3.05) is 5.32 Å². The molecule has 2 rings (SSSR count). The van der Waals surface area contributed by atoms with Crippen molar-refractivity contribution >= 4 is 29.3 Å². The van der Waals surface area contributed by atoms with Gasteiger partial charge in [-0.3, -0.25) is 0 Å². The second-order valence-corrected chi connectivity index (χ2v) is 3.53. The Hall–Kier alpha value is -2.08. The molecule has 1 aromatic heterocycles. The molecular formula is C10H6ClFN2O3. The lowest BCUT2D eigenvalue weighted by Gasteiger charge is -2.03. The fourth-order valence-corrected chi connectivity index (χ4v) is 1.31. The van der Waals surface area contributed by atoms with Crippen LogP contribution in [0.3, 0.4) is 0 Å². The number of aromatic carboxylic acids is 1. The number of nitrogens with one attached hydrogen (secondary N) is 1. The number of carbonyl (C=O) groups is 1. The Balaban J connectivity index is 2.25. The zero-order valence-electron chi connectivity index (χ0n) is 8.28. The van der Waals surface area contributed by atoms with E-state index in [9.17, 15) is 9.18 Å². The van der Waals surface area contributed by atoms with Crippen LogP contribution >= 0.6 is 11.6 Å². The number of anilines is 2. The van der Waals surface area contributed by atoms with E-state index < -0.39 is 11.8 Å². The maximum absolute atomic E-state index is 13.3. The second-order valence-electron chi connectivity index (χ2n) is 3.09. The van der Waals surface area contributed by atoms with E-state index in [0.717, 1.165) is 6.26 Å². The van der Waals surface area contributed by atoms with Gasteiger partial charge in [0.25, 0.3) is 6.01 Å². The molecule has 0 amide bonds. The molecule has 88 valence electrons. The van der Waals surface area contributed by atoms with Crippen LogP contribution in [-0.2, 0) is 0 Å². The average molecular weight is 257 g/mol. The van der Waals surface area contributed by atoms with Crippen molar-refractivity contribution in [1.29, 1.82) is 0 Å². The molecule has 0 radical (unpaired) electrons. The number of rotatable bonds is 3. The molecule has 0 saturated carbocycles. The molecular weight excluding hydrogens is 251 g/mol. The number of nitrogens with zero attached hydrogens (tertiary/aromatic N) is 1. The highest BCUT2D eigenvalue weighted by atomic mass is 35.5. The van der Waals surface area contributed by atoms with Crippen LogP contribution in [0, 0.1) is 5.82 Å². The Morgan fingerprint density at radius 2 is 2.29 bits per heavy atom. The van der Waals surface area contributed by atoms with Gasteiger partial charge in [0.2, 0.25) is 0 Å². The van der Waals surface area contributed by atoms with Crippen molar-refractivity contribution in [3.05, 3.63) is 41.0 Å². The van der Waals surface area contributed by atoms with E-state index in [2.05, 4.69) is 10.3 Å². The molecule has 0 aliphatic heterocycles.